The zero-order valence-electron chi connectivity index (χ0n) is 6.71. The number of alkyl halides is 3. The molecule has 0 aliphatic rings. The Morgan fingerprint density at radius 1 is 1.50 bits per heavy atom. The minimum atomic E-state index is -4.50. The van der Waals surface area contributed by atoms with E-state index in [2.05, 4.69) is 15.5 Å². The Hall–Kier alpha value is -1.79. The van der Waals surface area contributed by atoms with E-state index in [0.29, 0.717) is 6.07 Å². The van der Waals surface area contributed by atoms with Crippen LogP contribution < -0.4 is 10.5 Å². The number of ether oxygens (including phenoxy) is 1. The van der Waals surface area contributed by atoms with Crippen molar-refractivity contribution in [2.24, 2.45) is 5.73 Å². The molecule has 2 N–H and O–H groups in total. The lowest BCUT2D eigenvalue weighted by molar-refractivity contribution is -0.137. The molecule has 0 unspecified atom stereocenters. The smallest absolute Gasteiger partial charge is 0.391 e. The van der Waals surface area contributed by atoms with Crippen LogP contribution in [0, 0.1) is 0 Å². The molecular weight excluding hydrogens is 201 g/mol. The van der Waals surface area contributed by atoms with Gasteiger partial charge in [-0.05, 0) is 6.07 Å². The van der Waals surface area contributed by atoms with E-state index in [1.165, 1.54) is 0 Å². The van der Waals surface area contributed by atoms with Crippen LogP contribution in [-0.4, -0.2) is 11.1 Å². The van der Waals surface area contributed by atoms with Crippen LogP contribution in [0.15, 0.2) is 18.3 Å². The highest BCUT2D eigenvalue weighted by atomic mass is 19.4. The zero-order chi connectivity index (χ0) is 10.8. The van der Waals surface area contributed by atoms with Crippen LogP contribution in [0.3, 0.4) is 0 Å². The molecule has 76 valence electrons. The Bertz CT molecular complexity index is 351. The Morgan fingerprint density at radius 3 is 2.64 bits per heavy atom. The molecule has 0 saturated heterocycles. The first-order chi connectivity index (χ1) is 6.39. The highest BCUT2D eigenvalue weighted by Crippen LogP contribution is 2.30. The van der Waals surface area contributed by atoms with Crippen LogP contribution in [0.4, 0.5) is 18.0 Å². The number of nitrogens with two attached hydrogens (primary N) is 1. The average molecular weight is 206 g/mol. The second-order valence-corrected chi connectivity index (χ2v) is 2.30. The summed E-state index contributed by atoms with van der Waals surface area (Å²) < 4.78 is 40.5. The molecule has 1 aromatic rings. The van der Waals surface area contributed by atoms with Crippen LogP contribution in [0.1, 0.15) is 5.56 Å². The number of pyridine rings is 1. The molecule has 0 aliphatic carbocycles. The number of amides is 1. The topological polar surface area (TPSA) is 65.2 Å². The summed E-state index contributed by atoms with van der Waals surface area (Å²) in [5.41, 5.74) is 3.65. The molecule has 0 atom stereocenters. The van der Waals surface area contributed by atoms with Gasteiger partial charge in [-0.3, -0.25) is 0 Å². The van der Waals surface area contributed by atoms with Gasteiger partial charge in [0.05, 0.1) is 5.56 Å². The summed E-state index contributed by atoms with van der Waals surface area (Å²) in [5, 5.41) is 0. The standard InChI is InChI=1S/C7H5F3N2O2/c8-7(9,10)4-1-2-12-5(3-4)14-6(11)13/h1-3H,(H2,11,13). The number of carbonyl (C=O) groups is 1. The second-order valence-electron chi connectivity index (χ2n) is 2.30. The Balaban J connectivity index is 2.95. The van der Waals surface area contributed by atoms with Gasteiger partial charge in [0.1, 0.15) is 0 Å². The number of hydrogen-bond acceptors (Lipinski definition) is 3. The van der Waals surface area contributed by atoms with E-state index in [-0.39, 0.29) is 0 Å². The Labute approximate surface area is 76.5 Å². The number of rotatable bonds is 1. The first kappa shape index (κ1) is 10.3. The summed E-state index contributed by atoms with van der Waals surface area (Å²) >= 11 is 0. The van der Waals surface area contributed by atoms with Gasteiger partial charge in [0.15, 0.2) is 0 Å². The van der Waals surface area contributed by atoms with Gasteiger partial charge in [-0.1, -0.05) is 0 Å². The van der Waals surface area contributed by atoms with Crippen molar-refractivity contribution in [3.63, 3.8) is 0 Å². The Morgan fingerprint density at radius 2 is 2.14 bits per heavy atom. The van der Waals surface area contributed by atoms with E-state index < -0.39 is 23.7 Å². The quantitative estimate of drug-likeness (QED) is 0.758. The van der Waals surface area contributed by atoms with Gasteiger partial charge in [0.25, 0.3) is 0 Å². The number of carbonyl (C=O) groups excluding carboxylic acids is 1. The first-order valence-corrected chi connectivity index (χ1v) is 3.40. The molecule has 0 bridgehead atoms. The van der Waals surface area contributed by atoms with Crippen molar-refractivity contribution in [3.05, 3.63) is 23.9 Å². The maximum atomic E-state index is 12.1. The average Bonchev–Trinajstić information content (AvgIpc) is 2.01. The predicted octanol–water partition coefficient (Wildman–Crippen LogP) is 1.56. The molecule has 0 saturated carbocycles. The van der Waals surface area contributed by atoms with Gasteiger partial charge in [-0.25, -0.2) is 9.78 Å². The highest BCUT2D eigenvalue weighted by molar-refractivity contribution is 5.67. The molecular formula is C7H5F3N2O2. The van der Waals surface area contributed by atoms with Gasteiger partial charge in [-0.2, -0.15) is 13.2 Å². The summed E-state index contributed by atoms with van der Waals surface area (Å²) in [5.74, 6) is -0.479. The van der Waals surface area contributed by atoms with E-state index in [1.807, 2.05) is 0 Å². The fourth-order valence-corrected chi connectivity index (χ4v) is 0.745. The lowest BCUT2D eigenvalue weighted by Gasteiger charge is -2.06. The van der Waals surface area contributed by atoms with Gasteiger partial charge in [0.2, 0.25) is 5.88 Å². The first-order valence-electron chi connectivity index (χ1n) is 3.40. The molecule has 0 fully saturated rings. The monoisotopic (exact) mass is 206 g/mol. The summed E-state index contributed by atoms with van der Waals surface area (Å²) in [6.45, 7) is 0. The van der Waals surface area contributed by atoms with Crippen LogP contribution >= 0.6 is 0 Å². The predicted molar refractivity (Wildman–Crippen MR) is 39.5 cm³/mol. The number of nitrogens with zero attached hydrogens (tertiary/aromatic N) is 1. The largest absolute Gasteiger partial charge is 0.416 e. The van der Waals surface area contributed by atoms with Crippen molar-refractivity contribution in [1.82, 2.24) is 4.98 Å². The van der Waals surface area contributed by atoms with Crippen molar-refractivity contribution >= 4 is 6.09 Å². The molecule has 0 spiro atoms. The SMILES string of the molecule is NC(=O)Oc1cc(C(F)(F)F)ccn1. The summed E-state index contributed by atoms with van der Waals surface area (Å²) in [7, 11) is 0. The van der Waals surface area contributed by atoms with Gasteiger partial charge in [0, 0.05) is 12.3 Å². The fraction of sp³-hybridized carbons (Fsp3) is 0.143. The minimum Gasteiger partial charge on any atom is -0.391 e. The number of primary amides is 1. The van der Waals surface area contributed by atoms with Crippen molar-refractivity contribution in [3.8, 4) is 5.88 Å². The zero-order valence-corrected chi connectivity index (χ0v) is 6.71. The van der Waals surface area contributed by atoms with E-state index in [1.54, 1.807) is 0 Å². The van der Waals surface area contributed by atoms with Crippen LogP contribution in [0.2, 0.25) is 0 Å². The lowest BCUT2D eigenvalue weighted by atomic mass is 10.2. The van der Waals surface area contributed by atoms with Crippen LogP contribution in [0.25, 0.3) is 0 Å². The normalized spacial score (nSPS) is 11.1. The molecule has 0 radical (unpaired) electrons. The van der Waals surface area contributed by atoms with Crippen LogP contribution in [-0.2, 0) is 6.18 Å². The van der Waals surface area contributed by atoms with E-state index in [0.717, 1.165) is 12.3 Å². The van der Waals surface area contributed by atoms with E-state index in [9.17, 15) is 18.0 Å². The summed E-state index contributed by atoms with van der Waals surface area (Å²) in [6, 6.07) is 1.35. The molecule has 7 heteroatoms. The maximum absolute atomic E-state index is 12.1. The summed E-state index contributed by atoms with van der Waals surface area (Å²) in [6.07, 6.45) is -4.84. The third kappa shape index (κ3) is 2.61. The third-order valence-electron chi connectivity index (χ3n) is 1.27. The lowest BCUT2D eigenvalue weighted by Crippen LogP contribution is -2.17. The maximum Gasteiger partial charge on any atom is 0.416 e. The van der Waals surface area contributed by atoms with Crippen molar-refractivity contribution < 1.29 is 22.7 Å². The van der Waals surface area contributed by atoms with Gasteiger partial charge >= 0.3 is 12.3 Å². The molecule has 0 aliphatic heterocycles. The molecule has 1 heterocycles. The molecule has 14 heavy (non-hydrogen) atoms. The fourth-order valence-electron chi connectivity index (χ4n) is 0.745. The number of halogens is 3. The third-order valence-corrected chi connectivity index (χ3v) is 1.27. The van der Waals surface area contributed by atoms with Crippen molar-refractivity contribution in [1.29, 1.82) is 0 Å². The molecule has 4 nitrogen and oxygen atoms in total. The summed E-state index contributed by atoms with van der Waals surface area (Å²) in [4.78, 5) is 13.6. The minimum absolute atomic E-state index is 0.479. The molecule has 1 amide bonds. The molecule has 0 aromatic carbocycles. The van der Waals surface area contributed by atoms with Gasteiger partial charge < -0.3 is 10.5 Å². The highest BCUT2D eigenvalue weighted by Gasteiger charge is 2.31. The molecule has 1 rings (SSSR count). The Kier molecular flexibility index (Phi) is 2.59. The van der Waals surface area contributed by atoms with Crippen molar-refractivity contribution in [2.75, 3.05) is 0 Å². The van der Waals surface area contributed by atoms with Gasteiger partial charge in [-0.15, -0.1) is 0 Å². The number of hydrogen-bond donors (Lipinski definition) is 1. The van der Waals surface area contributed by atoms with Crippen LogP contribution in [0.5, 0.6) is 5.88 Å². The van der Waals surface area contributed by atoms with E-state index in [4.69, 9.17) is 0 Å². The van der Waals surface area contributed by atoms with Crippen molar-refractivity contribution in [2.45, 2.75) is 6.18 Å². The van der Waals surface area contributed by atoms with E-state index >= 15 is 0 Å². The number of aromatic nitrogens is 1. The second kappa shape index (κ2) is 3.52. The molecule has 1 aromatic heterocycles.